The molecule has 1 fully saturated rings. The van der Waals surface area contributed by atoms with E-state index in [0.29, 0.717) is 23.4 Å². The van der Waals surface area contributed by atoms with E-state index in [0.717, 1.165) is 25.7 Å². The first-order valence-corrected chi connectivity index (χ1v) is 11.4. The normalized spacial score (nSPS) is 18.2. The molecule has 0 aromatic carbocycles. The molecule has 3 heterocycles. The van der Waals surface area contributed by atoms with Gasteiger partial charge in [-0.1, -0.05) is 23.2 Å². The van der Waals surface area contributed by atoms with Crippen LogP contribution in [0.25, 0.3) is 11.0 Å². The number of pyridine rings is 3. The van der Waals surface area contributed by atoms with E-state index in [2.05, 4.69) is 15.3 Å². The van der Waals surface area contributed by atoms with Crippen molar-refractivity contribution in [1.82, 2.24) is 14.5 Å². The van der Waals surface area contributed by atoms with E-state index < -0.39 is 17.3 Å². The predicted octanol–water partition coefficient (Wildman–Crippen LogP) is 4.95. The Labute approximate surface area is 199 Å². The van der Waals surface area contributed by atoms with E-state index in [4.69, 9.17) is 28.3 Å². The number of aromatic nitrogens is 3. The van der Waals surface area contributed by atoms with Gasteiger partial charge in [0.15, 0.2) is 0 Å². The maximum atomic E-state index is 13.1. The van der Waals surface area contributed by atoms with Crippen LogP contribution in [-0.2, 0) is 4.79 Å². The van der Waals surface area contributed by atoms with Crippen molar-refractivity contribution < 1.29 is 14.7 Å². The van der Waals surface area contributed by atoms with Crippen LogP contribution < -0.4 is 10.7 Å². The van der Waals surface area contributed by atoms with Gasteiger partial charge in [-0.25, -0.2) is 4.98 Å². The molecular weight excluding hydrogens is 467 g/mol. The molecule has 0 atom stereocenters. The quantitative estimate of drug-likeness (QED) is 0.507. The van der Waals surface area contributed by atoms with Gasteiger partial charge < -0.3 is 15.0 Å². The molecule has 3 aromatic rings. The molecule has 172 valence electrons. The van der Waals surface area contributed by atoms with Crippen molar-refractivity contribution in [3.63, 3.8) is 0 Å². The first-order chi connectivity index (χ1) is 15.8. The minimum atomic E-state index is -0.780. The maximum absolute atomic E-state index is 13.1. The molecule has 33 heavy (non-hydrogen) atoms. The van der Waals surface area contributed by atoms with Crippen LogP contribution in [0.15, 0.2) is 41.7 Å². The van der Waals surface area contributed by atoms with Crippen LogP contribution in [0.2, 0.25) is 10.0 Å². The highest BCUT2D eigenvalue weighted by atomic mass is 35.5. The van der Waals surface area contributed by atoms with Crippen molar-refractivity contribution in [2.24, 2.45) is 5.92 Å². The summed E-state index contributed by atoms with van der Waals surface area (Å²) in [7, 11) is 0. The highest BCUT2D eigenvalue weighted by Gasteiger charge is 2.26. The molecule has 0 spiro atoms. The summed E-state index contributed by atoms with van der Waals surface area (Å²) in [5, 5.41) is 12.3. The van der Waals surface area contributed by atoms with E-state index in [1.807, 2.05) is 4.57 Å². The lowest BCUT2D eigenvalue weighted by molar-refractivity contribution is -0.137. The minimum absolute atomic E-state index is 0.0348. The molecule has 0 aliphatic heterocycles. The van der Waals surface area contributed by atoms with Crippen molar-refractivity contribution >= 4 is 51.8 Å². The van der Waals surface area contributed by atoms with Gasteiger partial charge in [0.05, 0.1) is 21.1 Å². The van der Waals surface area contributed by atoms with Gasteiger partial charge in [0.25, 0.3) is 5.91 Å². The van der Waals surface area contributed by atoms with E-state index in [1.165, 1.54) is 12.4 Å². The van der Waals surface area contributed by atoms with Crippen LogP contribution in [0.3, 0.4) is 0 Å². The summed E-state index contributed by atoms with van der Waals surface area (Å²) >= 11 is 12.2. The Kier molecular flexibility index (Phi) is 6.95. The van der Waals surface area contributed by atoms with Crippen LogP contribution in [-0.4, -0.2) is 31.5 Å². The third-order valence-corrected chi connectivity index (χ3v) is 6.67. The molecular formula is C23H22Cl2N4O4. The molecule has 2 N–H and O–H groups in total. The first kappa shape index (κ1) is 23.2. The zero-order valence-electron chi connectivity index (χ0n) is 17.6. The lowest BCUT2D eigenvalue weighted by Gasteiger charge is -2.31. The second-order valence-corrected chi connectivity index (χ2v) is 9.01. The number of hydrogen-bond acceptors (Lipinski definition) is 5. The van der Waals surface area contributed by atoms with Crippen LogP contribution in [0.5, 0.6) is 0 Å². The number of halogens is 2. The smallest absolute Gasteiger partial charge is 0.303 e. The summed E-state index contributed by atoms with van der Waals surface area (Å²) in [4.78, 5) is 45.4. The maximum Gasteiger partial charge on any atom is 0.303 e. The number of amides is 1. The summed E-state index contributed by atoms with van der Waals surface area (Å²) in [5.41, 5.74) is 0.248. The predicted molar refractivity (Wildman–Crippen MR) is 126 cm³/mol. The monoisotopic (exact) mass is 488 g/mol. The van der Waals surface area contributed by atoms with Crippen molar-refractivity contribution in [2.45, 2.75) is 44.6 Å². The number of rotatable bonds is 6. The van der Waals surface area contributed by atoms with Crippen LogP contribution >= 0.6 is 23.2 Å². The SMILES string of the molecule is O=C(O)CCC1CCC(n2cc(C(=O)Nc3c(Cl)cncc3Cl)c(=O)c3cccnc32)CC1. The minimum Gasteiger partial charge on any atom is -0.481 e. The molecule has 1 aliphatic carbocycles. The zero-order chi connectivity index (χ0) is 23.5. The van der Waals surface area contributed by atoms with E-state index in [1.54, 1.807) is 24.5 Å². The lowest BCUT2D eigenvalue weighted by atomic mass is 9.83. The van der Waals surface area contributed by atoms with Gasteiger partial charge in [-0.05, 0) is 50.2 Å². The van der Waals surface area contributed by atoms with E-state index >= 15 is 0 Å². The van der Waals surface area contributed by atoms with Gasteiger partial charge in [-0.3, -0.25) is 19.4 Å². The largest absolute Gasteiger partial charge is 0.481 e. The van der Waals surface area contributed by atoms with Gasteiger partial charge in [0.1, 0.15) is 11.2 Å². The Morgan fingerprint density at radius 2 is 1.85 bits per heavy atom. The molecule has 10 heteroatoms. The molecule has 3 aromatic heterocycles. The number of nitrogens with one attached hydrogen (secondary N) is 1. The number of fused-ring (bicyclic) bond motifs is 1. The molecule has 8 nitrogen and oxygen atoms in total. The molecule has 0 unspecified atom stereocenters. The summed E-state index contributed by atoms with van der Waals surface area (Å²) in [5.74, 6) is -1.04. The average molecular weight is 489 g/mol. The molecule has 1 amide bonds. The Morgan fingerprint density at radius 3 is 2.52 bits per heavy atom. The summed E-state index contributed by atoms with van der Waals surface area (Å²) in [6, 6.07) is 3.36. The number of hydrogen-bond donors (Lipinski definition) is 2. The van der Waals surface area contributed by atoms with Gasteiger partial charge in [0.2, 0.25) is 5.43 Å². The standard InChI is InChI=1S/C23H22Cl2N4O4/c24-17-10-26-11-18(25)20(17)28-23(33)16-12-29(22-15(21(16)32)2-1-9-27-22)14-6-3-13(4-7-14)5-8-19(30)31/h1-2,9-14H,3-8H2,(H,30,31)(H,26,28,33). The van der Waals surface area contributed by atoms with Gasteiger partial charge in [-0.2, -0.15) is 0 Å². The number of carboxylic acid groups (broad SMARTS) is 1. The van der Waals surface area contributed by atoms with Crippen LogP contribution in [0, 0.1) is 5.92 Å². The first-order valence-electron chi connectivity index (χ1n) is 10.7. The second kappa shape index (κ2) is 9.89. The molecule has 4 rings (SSSR count). The van der Waals surface area contributed by atoms with Crippen LogP contribution in [0.1, 0.15) is 54.9 Å². The van der Waals surface area contributed by atoms with Gasteiger partial charge in [0, 0.05) is 37.3 Å². The summed E-state index contributed by atoms with van der Waals surface area (Å²) in [6.07, 6.45) is 10.1. The molecule has 1 saturated carbocycles. The number of anilines is 1. The Balaban J connectivity index is 1.66. The number of aliphatic carboxylic acids is 1. The number of carbonyl (C=O) groups is 2. The fraction of sp³-hybridized carbons (Fsp3) is 0.348. The fourth-order valence-electron chi connectivity index (χ4n) is 4.37. The average Bonchev–Trinajstić information content (AvgIpc) is 2.81. The topological polar surface area (TPSA) is 114 Å². The lowest BCUT2D eigenvalue weighted by Crippen LogP contribution is -2.27. The second-order valence-electron chi connectivity index (χ2n) is 8.19. The number of carbonyl (C=O) groups excluding carboxylic acids is 1. The van der Waals surface area contributed by atoms with Crippen molar-refractivity contribution in [2.75, 3.05) is 5.32 Å². The van der Waals surface area contributed by atoms with E-state index in [-0.39, 0.29) is 33.8 Å². The number of nitrogens with zero attached hydrogens (tertiary/aromatic N) is 3. The fourth-order valence-corrected chi connectivity index (χ4v) is 4.83. The summed E-state index contributed by atoms with van der Waals surface area (Å²) in [6.45, 7) is 0. The third kappa shape index (κ3) is 5.02. The van der Waals surface area contributed by atoms with Crippen molar-refractivity contribution in [3.05, 3.63) is 62.8 Å². The van der Waals surface area contributed by atoms with Gasteiger partial charge in [-0.15, -0.1) is 0 Å². The highest BCUT2D eigenvalue weighted by molar-refractivity contribution is 6.39. The zero-order valence-corrected chi connectivity index (χ0v) is 19.1. The third-order valence-electron chi connectivity index (χ3n) is 6.10. The highest BCUT2D eigenvalue weighted by Crippen LogP contribution is 2.36. The Hall–Kier alpha value is -2.97. The Morgan fingerprint density at radius 1 is 1.15 bits per heavy atom. The van der Waals surface area contributed by atoms with Crippen LogP contribution in [0.4, 0.5) is 5.69 Å². The molecule has 0 saturated heterocycles. The molecule has 0 bridgehead atoms. The Bertz CT molecular complexity index is 1250. The molecule has 1 aliphatic rings. The van der Waals surface area contributed by atoms with Gasteiger partial charge >= 0.3 is 5.97 Å². The summed E-state index contributed by atoms with van der Waals surface area (Å²) < 4.78 is 1.90. The van der Waals surface area contributed by atoms with Crippen molar-refractivity contribution in [1.29, 1.82) is 0 Å². The number of carboxylic acids is 1. The van der Waals surface area contributed by atoms with E-state index in [9.17, 15) is 14.4 Å². The molecule has 0 radical (unpaired) electrons. The van der Waals surface area contributed by atoms with Crippen molar-refractivity contribution in [3.8, 4) is 0 Å².